The second-order valence-corrected chi connectivity index (χ2v) is 5.06. The van der Waals surface area contributed by atoms with Crippen molar-refractivity contribution in [3.05, 3.63) is 4.88 Å². The minimum absolute atomic E-state index is 0.176. The van der Waals surface area contributed by atoms with Crippen LogP contribution in [0.25, 0.3) is 0 Å². The van der Waals surface area contributed by atoms with Crippen LogP contribution in [0, 0.1) is 0 Å². The number of hydrogen-bond donors (Lipinski definition) is 3. The summed E-state index contributed by atoms with van der Waals surface area (Å²) in [6, 6.07) is 0. The molecule has 0 radical (unpaired) electrons. The number of nitrogens with zero attached hydrogens (tertiary/aromatic N) is 1. The molecule has 6 nitrogen and oxygen atoms in total. The van der Waals surface area contributed by atoms with Gasteiger partial charge in [0.25, 0.3) is 5.91 Å². The van der Waals surface area contributed by atoms with Gasteiger partial charge in [0.2, 0.25) is 0 Å². The molecule has 0 atom stereocenters. The van der Waals surface area contributed by atoms with E-state index >= 15 is 0 Å². The van der Waals surface area contributed by atoms with E-state index in [1.165, 1.54) is 11.3 Å². The van der Waals surface area contributed by atoms with Gasteiger partial charge in [-0.3, -0.25) is 4.79 Å². The van der Waals surface area contributed by atoms with Gasteiger partial charge in [0.05, 0.1) is 0 Å². The Kier molecular flexibility index (Phi) is 7.20. The third kappa shape index (κ3) is 5.44. The largest absolute Gasteiger partial charge is 0.382 e. The van der Waals surface area contributed by atoms with Gasteiger partial charge in [0.1, 0.15) is 10.7 Å². The molecule has 7 heteroatoms. The van der Waals surface area contributed by atoms with Crippen LogP contribution in [0.3, 0.4) is 0 Å². The first-order chi connectivity index (χ1) is 9.19. The Hall–Kier alpha value is -1.34. The fraction of sp³-hybridized carbons (Fsp3) is 0.667. The number of nitrogen functional groups attached to an aromatic ring is 1. The molecule has 19 heavy (non-hydrogen) atoms. The molecule has 0 spiro atoms. The smallest absolute Gasteiger partial charge is 0.265 e. The molecular weight excluding hydrogens is 264 g/mol. The van der Waals surface area contributed by atoms with Crippen molar-refractivity contribution in [3.63, 3.8) is 0 Å². The fourth-order valence-electron chi connectivity index (χ4n) is 1.41. The molecule has 0 aliphatic carbocycles. The second kappa shape index (κ2) is 8.71. The third-order valence-corrected chi connectivity index (χ3v) is 3.55. The van der Waals surface area contributed by atoms with Gasteiger partial charge in [0.15, 0.2) is 5.13 Å². The lowest BCUT2D eigenvalue weighted by Crippen LogP contribution is -2.25. The zero-order chi connectivity index (χ0) is 14.1. The monoisotopic (exact) mass is 286 g/mol. The van der Waals surface area contributed by atoms with E-state index in [1.807, 2.05) is 0 Å². The zero-order valence-electron chi connectivity index (χ0n) is 11.5. The lowest BCUT2D eigenvalue weighted by molar-refractivity contribution is 0.0945. The van der Waals surface area contributed by atoms with Crippen LogP contribution in [-0.2, 0) is 4.74 Å². The van der Waals surface area contributed by atoms with E-state index in [9.17, 15) is 4.79 Å². The number of nitrogens with two attached hydrogens (primary N) is 1. The molecule has 0 fully saturated rings. The Labute approximate surface area is 117 Å². The van der Waals surface area contributed by atoms with Gasteiger partial charge in [0, 0.05) is 26.8 Å². The molecule has 0 bridgehead atoms. The summed E-state index contributed by atoms with van der Waals surface area (Å²) >= 11 is 1.25. The van der Waals surface area contributed by atoms with Gasteiger partial charge in [-0.1, -0.05) is 24.7 Å². The molecule has 1 amide bonds. The number of thiazole rings is 1. The first-order valence-corrected chi connectivity index (χ1v) is 7.30. The average Bonchev–Trinajstić information content (AvgIpc) is 2.79. The number of carbonyl (C=O) groups is 1. The van der Waals surface area contributed by atoms with Crippen LogP contribution in [0.2, 0.25) is 0 Å². The molecule has 0 saturated carbocycles. The topological polar surface area (TPSA) is 89.3 Å². The number of carbonyl (C=O) groups excluding carboxylic acids is 1. The molecule has 4 N–H and O–H groups in total. The molecular formula is C12H22N4O2S. The standard InChI is InChI=1S/C12H22N4O2S/c1-3-4-7-18-8-5-6-15-11(17)9-10(13)16-12(14-2)19-9/h3-8,13H2,1-2H3,(H,14,16)(H,15,17). The number of nitrogens with one attached hydrogen (secondary N) is 2. The van der Waals surface area contributed by atoms with Gasteiger partial charge >= 0.3 is 0 Å². The molecule has 108 valence electrons. The van der Waals surface area contributed by atoms with Crippen molar-refractivity contribution < 1.29 is 9.53 Å². The van der Waals surface area contributed by atoms with Crippen LogP contribution in [0.15, 0.2) is 0 Å². The summed E-state index contributed by atoms with van der Waals surface area (Å²) in [5, 5.41) is 6.32. The van der Waals surface area contributed by atoms with Gasteiger partial charge < -0.3 is 21.1 Å². The van der Waals surface area contributed by atoms with Gasteiger partial charge in [-0.25, -0.2) is 4.98 Å². The normalized spacial score (nSPS) is 10.4. The van der Waals surface area contributed by atoms with E-state index in [2.05, 4.69) is 22.5 Å². The molecule has 1 aromatic heterocycles. The third-order valence-electron chi connectivity index (χ3n) is 2.47. The number of ether oxygens (including phenoxy) is 1. The number of aromatic nitrogens is 1. The summed E-state index contributed by atoms with van der Waals surface area (Å²) in [6.07, 6.45) is 3.01. The number of amides is 1. The summed E-state index contributed by atoms with van der Waals surface area (Å²) < 4.78 is 5.41. The Morgan fingerprint density at radius 2 is 2.16 bits per heavy atom. The SMILES string of the molecule is CCCCOCCCNC(=O)c1sc(NC)nc1N. The highest BCUT2D eigenvalue weighted by Crippen LogP contribution is 2.23. The van der Waals surface area contributed by atoms with Gasteiger partial charge in [-0.2, -0.15) is 0 Å². The predicted molar refractivity (Wildman–Crippen MR) is 78.8 cm³/mol. The molecule has 0 aliphatic rings. The maximum Gasteiger partial charge on any atom is 0.265 e. The molecule has 1 rings (SSSR count). The number of rotatable bonds is 9. The van der Waals surface area contributed by atoms with Crippen molar-refractivity contribution in [2.24, 2.45) is 0 Å². The van der Waals surface area contributed by atoms with Gasteiger partial charge in [-0.15, -0.1) is 0 Å². The van der Waals surface area contributed by atoms with Crippen molar-refractivity contribution in [1.82, 2.24) is 10.3 Å². The van der Waals surface area contributed by atoms with Crippen molar-refractivity contribution in [1.29, 1.82) is 0 Å². The Morgan fingerprint density at radius 3 is 2.79 bits per heavy atom. The number of unbranched alkanes of at least 4 members (excludes halogenated alkanes) is 1. The van der Waals surface area contributed by atoms with Crippen molar-refractivity contribution in [3.8, 4) is 0 Å². The van der Waals surface area contributed by atoms with Crippen molar-refractivity contribution >= 4 is 28.2 Å². The average molecular weight is 286 g/mol. The molecule has 0 aromatic carbocycles. The van der Waals surface area contributed by atoms with Crippen LogP contribution >= 0.6 is 11.3 Å². The quantitative estimate of drug-likeness (QED) is 0.601. The molecule has 1 aromatic rings. The summed E-state index contributed by atoms with van der Waals surface area (Å²) in [4.78, 5) is 16.3. The molecule has 0 saturated heterocycles. The highest BCUT2D eigenvalue weighted by molar-refractivity contribution is 7.18. The van der Waals surface area contributed by atoms with E-state index in [-0.39, 0.29) is 11.7 Å². The van der Waals surface area contributed by atoms with Crippen LogP contribution in [0.4, 0.5) is 10.9 Å². The van der Waals surface area contributed by atoms with Crippen molar-refractivity contribution in [2.75, 3.05) is 37.9 Å². The summed E-state index contributed by atoms with van der Waals surface area (Å²) in [5.41, 5.74) is 5.68. The fourth-order valence-corrected chi connectivity index (χ4v) is 2.16. The predicted octanol–water partition coefficient (Wildman–Crippen LogP) is 1.70. The van der Waals surface area contributed by atoms with Crippen LogP contribution in [0.1, 0.15) is 35.9 Å². The Bertz CT molecular complexity index is 395. The van der Waals surface area contributed by atoms with E-state index in [0.29, 0.717) is 23.2 Å². The minimum atomic E-state index is -0.176. The highest BCUT2D eigenvalue weighted by atomic mass is 32.1. The second-order valence-electron chi connectivity index (χ2n) is 4.06. The number of hydrogen-bond acceptors (Lipinski definition) is 6. The van der Waals surface area contributed by atoms with Crippen LogP contribution in [0.5, 0.6) is 0 Å². The lowest BCUT2D eigenvalue weighted by atomic mass is 10.3. The minimum Gasteiger partial charge on any atom is -0.382 e. The molecule has 1 heterocycles. The van der Waals surface area contributed by atoms with Crippen LogP contribution in [-0.4, -0.2) is 37.7 Å². The van der Waals surface area contributed by atoms with E-state index in [4.69, 9.17) is 10.5 Å². The molecule has 0 unspecified atom stereocenters. The lowest BCUT2D eigenvalue weighted by Gasteiger charge is -2.05. The van der Waals surface area contributed by atoms with Crippen LogP contribution < -0.4 is 16.4 Å². The van der Waals surface area contributed by atoms with E-state index in [0.717, 1.165) is 25.9 Å². The number of anilines is 2. The Balaban J connectivity index is 2.22. The molecule has 0 aliphatic heterocycles. The summed E-state index contributed by atoms with van der Waals surface area (Å²) in [7, 11) is 1.74. The summed E-state index contributed by atoms with van der Waals surface area (Å²) in [6.45, 7) is 4.16. The maximum atomic E-state index is 11.8. The highest BCUT2D eigenvalue weighted by Gasteiger charge is 2.14. The zero-order valence-corrected chi connectivity index (χ0v) is 12.3. The first kappa shape index (κ1) is 15.7. The maximum absolute atomic E-state index is 11.8. The van der Waals surface area contributed by atoms with Crippen molar-refractivity contribution in [2.45, 2.75) is 26.2 Å². The van der Waals surface area contributed by atoms with E-state index < -0.39 is 0 Å². The first-order valence-electron chi connectivity index (χ1n) is 6.49. The summed E-state index contributed by atoms with van der Waals surface area (Å²) in [5.74, 6) is 0.0936. The Morgan fingerprint density at radius 1 is 1.42 bits per heavy atom. The van der Waals surface area contributed by atoms with E-state index in [1.54, 1.807) is 7.05 Å². The van der Waals surface area contributed by atoms with Gasteiger partial charge in [-0.05, 0) is 12.8 Å².